The largest absolute Gasteiger partial charge is 0.348 e. The van der Waals surface area contributed by atoms with Crippen molar-refractivity contribution in [2.45, 2.75) is 26.8 Å². The van der Waals surface area contributed by atoms with E-state index < -0.39 is 0 Å². The average Bonchev–Trinajstić information content (AvgIpc) is 2.34. The topological polar surface area (TPSA) is 50.2 Å². The zero-order valence-electron chi connectivity index (χ0n) is 12.2. The maximum atomic E-state index is 11.8. The fourth-order valence-corrected chi connectivity index (χ4v) is 2.18. The van der Waals surface area contributed by atoms with Crippen LogP contribution in [0.5, 0.6) is 0 Å². The Bertz CT molecular complexity index is 470. The van der Waals surface area contributed by atoms with Crippen LogP contribution in [0.15, 0.2) is 9.27 Å². The van der Waals surface area contributed by atoms with Gasteiger partial charge in [0.25, 0.3) is 0 Å². The molecule has 0 saturated heterocycles. The summed E-state index contributed by atoms with van der Waals surface area (Å²) in [6.07, 6.45) is 1.11. The van der Waals surface area contributed by atoms with Crippen LogP contribution >= 0.6 is 15.9 Å². The van der Waals surface area contributed by atoms with Gasteiger partial charge in [0.2, 0.25) is 0 Å². The summed E-state index contributed by atoms with van der Waals surface area (Å²) in [4.78, 5) is 18.0. The van der Waals surface area contributed by atoms with E-state index in [-0.39, 0.29) is 5.69 Å². The minimum absolute atomic E-state index is 0.173. The van der Waals surface area contributed by atoms with E-state index in [0.717, 1.165) is 41.9 Å². The molecule has 0 atom stereocenters. The molecule has 0 saturated carbocycles. The molecule has 6 heteroatoms. The van der Waals surface area contributed by atoms with Crippen LogP contribution in [-0.2, 0) is 6.54 Å². The van der Waals surface area contributed by atoms with Gasteiger partial charge in [0.15, 0.2) is 0 Å². The minimum Gasteiger partial charge on any atom is -0.315 e. The Labute approximate surface area is 123 Å². The van der Waals surface area contributed by atoms with Crippen molar-refractivity contribution in [3.8, 4) is 0 Å². The molecule has 0 radical (unpaired) electrons. The lowest BCUT2D eigenvalue weighted by molar-refractivity contribution is 0.393. The van der Waals surface area contributed by atoms with Crippen molar-refractivity contribution in [2.24, 2.45) is 0 Å². The Hall–Kier alpha value is -0.720. The molecule has 1 heterocycles. The molecule has 0 bridgehead atoms. The van der Waals surface area contributed by atoms with E-state index in [4.69, 9.17) is 0 Å². The smallest absolute Gasteiger partial charge is 0.315 e. The van der Waals surface area contributed by atoms with Gasteiger partial charge in [-0.2, -0.15) is 4.98 Å². The number of hydrogen-bond acceptors (Lipinski definition) is 4. The Morgan fingerprint density at radius 1 is 1.32 bits per heavy atom. The first kappa shape index (κ1) is 16.3. The zero-order valence-corrected chi connectivity index (χ0v) is 13.7. The predicted octanol–water partition coefficient (Wildman–Crippen LogP) is 1.16. The summed E-state index contributed by atoms with van der Waals surface area (Å²) in [7, 11) is 4.14. The highest BCUT2D eigenvalue weighted by atomic mass is 79.9. The van der Waals surface area contributed by atoms with Crippen LogP contribution in [0.3, 0.4) is 0 Å². The van der Waals surface area contributed by atoms with Gasteiger partial charge in [-0.25, -0.2) is 4.79 Å². The Morgan fingerprint density at radius 2 is 2.00 bits per heavy atom. The van der Waals surface area contributed by atoms with E-state index in [0.29, 0.717) is 6.54 Å². The van der Waals surface area contributed by atoms with Crippen LogP contribution in [0, 0.1) is 13.8 Å². The molecule has 0 fully saturated rings. The first-order chi connectivity index (χ1) is 8.93. The summed E-state index contributed by atoms with van der Waals surface area (Å²) in [6, 6.07) is 0. The van der Waals surface area contributed by atoms with Crippen LogP contribution in [0.2, 0.25) is 0 Å². The summed E-state index contributed by atoms with van der Waals surface area (Å²) in [6.45, 7) is 7.24. The highest BCUT2D eigenvalue weighted by Crippen LogP contribution is 2.16. The molecule has 0 spiro atoms. The molecule has 0 aliphatic rings. The second-order valence-electron chi connectivity index (χ2n) is 4.94. The van der Waals surface area contributed by atoms with Crippen molar-refractivity contribution in [2.75, 3.05) is 33.7 Å². The fraction of sp³-hybridized carbons (Fsp3) is 0.692. The van der Waals surface area contributed by atoms with Crippen LogP contribution in [0.1, 0.15) is 17.8 Å². The number of rotatable bonds is 7. The number of nitrogens with one attached hydrogen (secondary N) is 1. The second-order valence-corrected chi connectivity index (χ2v) is 5.73. The highest BCUT2D eigenvalue weighted by Gasteiger charge is 2.08. The average molecular weight is 331 g/mol. The molecule has 108 valence electrons. The van der Waals surface area contributed by atoms with E-state index in [1.165, 1.54) is 0 Å². The Morgan fingerprint density at radius 3 is 2.63 bits per heavy atom. The first-order valence-electron chi connectivity index (χ1n) is 6.52. The monoisotopic (exact) mass is 330 g/mol. The van der Waals surface area contributed by atoms with Crippen molar-refractivity contribution in [3.05, 3.63) is 26.3 Å². The van der Waals surface area contributed by atoms with Crippen molar-refractivity contribution in [1.29, 1.82) is 0 Å². The van der Waals surface area contributed by atoms with Gasteiger partial charge in [-0.3, -0.25) is 4.57 Å². The van der Waals surface area contributed by atoms with E-state index in [2.05, 4.69) is 45.2 Å². The van der Waals surface area contributed by atoms with Gasteiger partial charge >= 0.3 is 5.69 Å². The number of aromatic nitrogens is 2. The van der Waals surface area contributed by atoms with E-state index in [9.17, 15) is 4.79 Å². The standard InChI is InChI=1S/C13H23BrN4O/c1-10-12(14)11(2)18(13(19)16-10)9-7-15-6-5-8-17(3)4/h15H,5-9H2,1-4H3. The molecule has 0 aliphatic heterocycles. The van der Waals surface area contributed by atoms with Crippen LogP contribution in [0.25, 0.3) is 0 Å². The number of aryl methyl sites for hydroxylation is 1. The van der Waals surface area contributed by atoms with Gasteiger partial charge in [-0.15, -0.1) is 0 Å². The Kier molecular flexibility index (Phi) is 6.68. The molecule has 5 nitrogen and oxygen atoms in total. The molecule has 1 aromatic rings. The molecule has 1 N–H and O–H groups in total. The molecular weight excluding hydrogens is 308 g/mol. The van der Waals surface area contributed by atoms with Crippen molar-refractivity contribution in [1.82, 2.24) is 19.8 Å². The lowest BCUT2D eigenvalue weighted by Gasteiger charge is -2.13. The van der Waals surface area contributed by atoms with Gasteiger partial charge < -0.3 is 10.2 Å². The molecule has 0 amide bonds. The summed E-state index contributed by atoms with van der Waals surface area (Å²) >= 11 is 3.47. The van der Waals surface area contributed by atoms with Crippen LogP contribution < -0.4 is 11.0 Å². The van der Waals surface area contributed by atoms with Gasteiger partial charge in [0, 0.05) is 18.8 Å². The zero-order chi connectivity index (χ0) is 14.4. The maximum absolute atomic E-state index is 11.8. The van der Waals surface area contributed by atoms with Crippen molar-refractivity contribution in [3.63, 3.8) is 0 Å². The fourth-order valence-electron chi connectivity index (χ4n) is 1.88. The second kappa shape index (κ2) is 7.77. The van der Waals surface area contributed by atoms with E-state index >= 15 is 0 Å². The molecule has 1 rings (SSSR count). The minimum atomic E-state index is -0.173. The Balaban J connectivity index is 2.46. The third-order valence-corrected chi connectivity index (χ3v) is 4.15. The molecule has 0 aromatic carbocycles. The first-order valence-corrected chi connectivity index (χ1v) is 7.31. The SMILES string of the molecule is Cc1nc(=O)n(CCNCCCN(C)C)c(C)c1Br. The lowest BCUT2D eigenvalue weighted by atomic mass is 10.3. The maximum Gasteiger partial charge on any atom is 0.348 e. The third kappa shape index (κ3) is 5.04. The van der Waals surface area contributed by atoms with Gasteiger partial charge in [0.05, 0.1) is 10.2 Å². The molecule has 1 aromatic heterocycles. The third-order valence-electron chi connectivity index (χ3n) is 3.01. The summed E-state index contributed by atoms with van der Waals surface area (Å²) in [5.74, 6) is 0. The number of hydrogen-bond donors (Lipinski definition) is 1. The highest BCUT2D eigenvalue weighted by molar-refractivity contribution is 9.10. The quantitative estimate of drug-likeness (QED) is 0.762. The number of nitrogens with zero attached hydrogens (tertiary/aromatic N) is 3. The van der Waals surface area contributed by atoms with E-state index in [1.54, 1.807) is 4.57 Å². The van der Waals surface area contributed by atoms with E-state index in [1.807, 2.05) is 13.8 Å². The normalized spacial score (nSPS) is 11.3. The molecule has 0 unspecified atom stereocenters. The van der Waals surface area contributed by atoms with Crippen LogP contribution in [0.4, 0.5) is 0 Å². The molecule has 19 heavy (non-hydrogen) atoms. The molecular formula is C13H23BrN4O. The van der Waals surface area contributed by atoms with Crippen molar-refractivity contribution < 1.29 is 0 Å². The number of halogens is 1. The van der Waals surface area contributed by atoms with Crippen LogP contribution in [-0.4, -0.2) is 48.2 Å². The summed E-state index contributed by atoms with van der Waals surface area (Å²) < 4.78 is 2.62. The summed E-state index contributed by atoms with van der Waals surface area (Å²) in [5.41, 5.74) is 1.51. The lowest BCUT2D eigenvalue weighted by Crippen LogP contribution is -2.31. The predicted molar refractivity (Wildman–Crippen MR) is 81.7 cm³/mol. The summed E-state index contributed by atoms with van der Waals surface area (Å²) in [5, 5.41) is 3.35. The molecule has 0 aliphatic carbocycles. The van der Waals surface area contributed by atoms with Gasteiger partial charge in [0.1, 0.15) is 0 Å². The van der Waals surface area contributed by atoms with Gasteiger partial charge in [-0.1, -0.05) is 0 Å². The van der Waals surface area contributed by atoms with Crippen molar-refractivity contribution >= 4 is 15.9 Å². The van der Waals surface area contributed by atoms with Gasteiger partial charge in [-0.05, 0) is 63.4 Å².